The molecule has 1 aliphatic carbocycles. The largest absolute Gasteiger partial charge is 0.471 e. The SMILES string of the molecule is CC(C)(C)C(NC(=O)C(F)(F)F)C(=O)N1C[C@H]2[C@@H]([C@H]1C(=O)NC(C(N)=O)c1cc(=O)n3ccccc3n1)C2(C)C. The molecule has 1 saturated heterocycles. The molecule has 2 unspecified atom stereocenters. The van der Waals surface area contributed by atoms with Crippen molar-refractivity contribution in [3.05, 3.63) is 46.5 Å². The lowest BCUT2D eigenvalue weighted by Gasteiger charge is -2.38. The third kappa shape index (κ3) is 5.13. The first-order chi connectivity index (χ1) is 18.4. The number of fused-ring (bicyclic) bond motifs is 2. The fourth-order valence-corrected chi connectivity index (χ4v) is 5.58. The standard InChI is InChI=1S/C26H31F3N6O5/c1-24(2,3)19(33-23(40)26(27,28)29)22(39)35-11-12-16(25(12,4)5)18(35)21(38)32-17(20(30)37)13-10-15(36)34-9-7-6-8-14(34)31-13/h6-10,12,16-19H,11H2,1-5H3,(H2,30,37)(H,32,38)(H,33,40)/t12-,16-,17?,18-,19?/m0/s1. The molecule has 2 fully saturated rings. The zero-order valence-corrected chi connectivity index (χ0v) is 22.6. The topological polar surface area (TPSA) is 156 Å². The number of amides is 4. The van der Waals surface area contributed by atoms with Gasteiger partial charge >= 0.3 is 12.1 Å². The number of hydrogen-bond donors (Lipinski definition) is 3. The van der Waals surface area contributed by atoms with E-state index < -0.39 is 58.9 Å². The number of rotatable bonds is 6. The number of carbonyl (C=O) groups excluding carboxylic acids is 4. The number of primary amides is 1. The van der Waals surface area contributed by atoms with Crippen LogP contribution in [-0.4, -0.2) is 62.7 Å². The maximum atomic E-state index is 13.7. The van der Waals surface area contributed by atoms with Crippen LogP contribution in [0.25, 0.3) is 5.65 Å². The minimum atomic E-state index is -5.21. The Morgan fingerprint density at radius 3 is 2.35 bits per heavy atom. The number of carbonyl (C=O) groups is 4. The summed E-state index contributed by atoms with van der Waals surface area (Å²) in [7, 11) is 0. The Kier molecular flexibility index (Phi) is 6.96. The second-order valence-corrected chi connectivity index (χ2v) is 12.0. The van der Waals surface area contributed by atoms with E-state index in [1.807, 2.05) is 13.8 Å². The van der Waals surface area contributed by atoms with Crippen LogP contribution in [0.5, 0.6) is 0 Å². The van der Waals surface area contributed by atoms with Crippen molar-refractivity contribution in [3.8, 4) is 0 Å². The number of hydrogen-bond acceptors (Lipinski definition) is 6. The number of alkyl halides is 3. The minimum absolute atomic E-state index is 0.0693. The van der Waals surface area contributed by atoms with Crippen molar-refractivity contribution in [2.24, 2.45) is 28.4 Å². The van der Waals surface area contributed by atoms with E-state index >= 15 is 0 Å². The molecule has 0 radical (unpaired) electrons. The average Bonchev–Trinajstić information content (AvgIpc) is 3.16. The molecular formula is C26H31F3N6O5. The summed E-state index contributed by atoms with van der Waals surface area (Å²) in [5.74, 6) is -5.41. The Morgan fingerprint density at radius 1 is 1.12 bits per heavy atom. The highest BCUT2D eigenvalue weighted by atomic mass is 19.4. The normalized spacial score (nSPS) is 23.2. The number of piperidine rings is 1. The van der Waals surface area contributed by atoms with Gasteiger partial charge in [0.25, 0.3) is 5.56 Å². The van der Waals surface area contributed by atoms with Crippen LogP contribution in [0, 0.1) is 22.7 Å². The third-order valence-corrected chi connectivity index (χ3v) is 7.86. The predicted molar refractivity (Wildman–Crippen MR) is 135 cm³/mol. The molecule has 3 heterocycles. The van der Waals surface area contributed by atoms with Crippen molar-refractivity contribution in [3.63, 3.8) is 0 Å². The van der Waals surface area contributed by atoms with E-state index in [0.29, 0.717) is 0 Å². The van der Waals surface area contributed by atoms with Gasteiger partial charge in [-0.2, -0.15) is 13.2 Å². The summed E-state index contributed by atoms with van der Waals surface area (Å²) in [5.41, 5.74) is 3.65. The molecule has 11 nitrogen and oxygen atoms in total. The van der Waals surface area contributed by atoms with Crippen LogP contribution in [-0.2, 0) is 19.2 Å². The minimum Gasteiger partial charge on any atom is -0.368 e. The summed E-state index contributed by atoms with van der Waals surface area (Å²) < 4.78 is 40.4. The molecule has 1 saturated carbocycles. The predicted octanol–water partition coefficient (Wildman–Crippen LogP) is 0.913. The summed E-state index contributed by atoms with van der Waals surface area (Å²) in [4.78, 5) is 69.5. The highest BCUT2D eigenvalue weighted by molar-refractivity contribution is 5.96. The summed E-state index contributed by atoms with van der Waals surface area (Å²) in [6, 6.07) is 1.56. The number of nitrogens with zero attached hydrogens (tertiary/aromatic N) is 3. The Labute approximate surface area is 227 Å². The molecule has 4 N–H and O–H groups in total. The molecule has 2 aromatic rings. The van der Waals surface area contributed by atoms with Gasteiger partial charge in [-0.1, -0.05) is 40.7 Å². The van der Waals surface area contributed by atoms with Crippen molar-refractivity contribution in [2.75, 3.05) is 6.54 Å². The number of halogens is 3. The first kappa shape index (κ1) is 29.0. The van der Waals surface area contributed by atoms with Crippen molar-refractivity contribution in [1.82, 2.24) is 24.9 Å². The van der Waals surface area contributed by atoms with Crippen molar-refractivity contribution >= 4 is 29.3 Å². The van der Waals surface area contributed by atoms with E-state index in [1.54, 1.807) is 17.4 Å². The lowest BCUT2D eigenvalue weighted by Crippen LogP contribution is -2.61. The fraction of sp³-hybridized carbons (Fsp3) is 0.538. The van der Waals surface area contributed by atoms with E-state index in [4.69, 9.17) is 5.73 Å². The number of nitrogens with one attached hydrogen (secondary N) is 2. The molecule has 216 valence electrons. The van der Waals surface area contributed by atoms with Gasteiger partial charge in [0.15, 0.2) is 6.04 Å². The molecule has 0 aromatic carbocycles. The zero-order valence-electron chi connectivity index (χ0n) is 22.6. The first-order valence-corrected chi connectivity index (χ1v) is 12.6. The molecule has 0 bridgehead atoms. The molecule has 5 atom stereocenters. The maximum absolute atomic E-state index is 13.7. The van der Waals surface area contributed by atoms with Crippen molar-refractivity contribution in [1.29, 1.82) is 0 Å². The van der Waals surface area contributed by atoms with Gasteiger partial charge < -0.3 is 21.3 Å². The highest BCUT2D eigenvalue weighted by Gasteiger charge is 2.70. The molecule has 4 amide bonds. The Balaban J connectivity index is 1.65. The monoisotopic (exact) mass is 564 g/mol. The molecule has 4 rings (SSSR count). The van der Waals surface area contributed by atoms with Gasteiger partial charge in [-0.05, 0) is 34.8 Å². The van der Waals surface area contributed by atoms with Gasteiger partial charge in [0, 0.05) is 18.8 Å². The van der Waals surface area contributed by atoms with Crippen LogP contribution < -0.4 is 21.9 Å². The van der Waals surface area contributed by atoms with Crippen LogP contribution in [0.2, 0.25) is 0 Å². The zero-order chi connectivity index (χ0) is 29.9. The number of likely N-dealkylation sites (tertiary alicyclic amines) is 1. The lowest BCUT2D eigenvalue weighted by molar-refractivity contribution is -0.176. The summed E-state index contributed by atoms with van der Waals surface area (Å²) >= 11 is 0. The molecule has 14 heteroatoms. The van der Waals surface area contributed by atoms with Gasteiger partial charge in [-0.25, -0.2) is 4.98 Å². The van der Waals surface area contributed by atoms with E-state index in [9.17, 15) is 37.1 Å². The summed E-state index contributed by atoms with van der Waals surface area (Å²) in [6.07, 6.45) is -3.73. The van der Waals surface area contributed by atoms with E-state index in [2.05, 4.69) is 10.3 Å². The average molecular weight is 565 g/mol. The van der Waals surface area contributed by atoms with E-state index in [1.165, 1.54) is 37.4 Å². The first-order valence-electron chi connectivity index (χ1n) is 12.6. The van der Waals surface area contributed by atoms with E-state index in [0.717, 1.165) is 11.0 Å². The Bertz CT molecular complexity index is 1450. The quantitative estimate of drug-likeness (QED) is 0.474. The molecule has 1 aliphatic heterocycles. The number of aromatic nitrogens is 2. The molecule has 40 heavy (non-hydrogen) atoms. The molecule has 2 aliphatic rings. The third-order valence-electron chi connectivity index (χ3n) is 7.86. The number of nitrogens with two attached hydrogens (primary N) is 1. The molecule has 0 spiro atoms. The second kappa shape index (κ2) is 9.59. The van der Waals surface area contributed by atoms with Crippen LogP contribution in [0.4, 0.5) is 13.2 Å². The molecular weight excluding hydrogens is 533 g/mol. The van der Waals surface area contributed by atoms with Crippen LogP contribution in [0.15, 0.2) is 35.3 Å². The summed E-state index contributed by atoms with van der Waals surface area (Å²) in [5, 5.41) is 4.29. The van der Waals surface area contributed by atoms with Crippen molar-refractivity contribution < 1.29 is 32.3 Å². The van der Waals surface area contributed by atoms with Crippen LogP contribution in [0.3, 0.4) is 0 Å². The van der Waals surface area contributed by atoms with Crippen LogP contribution in [0.1, 0.15) is 46.4 Å². The van der Waals surface area contributed by atoms with Crippen molar-refractivity contribution in [2.45, 2.75) is 58.9 Å². The summed E-state index contributed by atoms with van der Waals surface area (Å²) in [6.45, 7) is 8.35. The number of pyridine rings is 1. The maximum Gasteiger partial charge on any atom is 0.471 e. The van der Waals surface area contributed by atoms with Crippen LogP contribution >= 0.6 is 0 Å². The van der Waals surface area contributed by atoms with E-state index in [-0.39, 0.29) is 35.1 Å². The molecule has 2 aromatic heterocycles. The fourth-order valence-electron chi connectivity index (χ4n) is 5.58. The van der Waals surface area contributed by atoms with Gasteiger partial charge in [0.2, 0.25) is 17.7 Å². The van der Waals surface area contributed by atoms with Gasteiger partial charge in [-0.15, -0.1) is 0 Å². The Morgan fingerprint density at radius 2 is 1.77 bits per heavy atom. The second-order valence-electron chi connectivity index (χ2n) is 12.0. The van der Waals surface area contributed by atoms with Gasteiger partial charge in [0.1, 0.15) is 17.7 Å². The van der Waals surface area contributed by atoms with Gasteiger partial charge in [0.05, 0.1) is 5.69 Å². The lowest BCUT2D eigenvalue weighted by atomic mass is 9.85. The highest BCUT2D eigenvalue weighted by Crippen LogP contribution is 2.65. The Hall–Kier alpha value is -3.97. The van der Waals surface area contributed by atoms with Gasteiger partial charge in [-0.3, -0.25) is 28.4 Å². The smallest absolute Gasteiger partial charge is 0.368 e.